The van der Waals surface area contributed by atoms with Gasteiger partial charge in [-0.05, 0) is 85.7 Å². The zero-order valence-electron chi connectivity index (χ0n) is 19.3. The van der Waals surface area contributed by atoms with E-state index in [2.05, 4.69) is 97.7 Å². The van der Waals surface area contributed by atoms with Crippen molar-refractivity contribution in [3.05, 3.63) is 47.7 Å². The van der Waals surface area contributed by atoms with Crippen LogP contribution in [0.1, 0.15) is 66.5 Å². The number of hydrogen-bond acceptors (Lipinski definition) is 4. The van der Waals surface area contributed by atoms with Gasteiger partial charge in [0.2, 0.25) is 0 Å². The molecule has 0 N–H and O–H groups in total. The predicted molar refractivity (Wildman–Crippen MR) is 119 cm³/mol. The first-order valence-electron chi connectivity index (χ1n) is 10.5. The van der Waals surface area contributed by atoms with E-state index in [-0.39, 0.29) is 29.4 Å². The number of pyridine rings is 1. The summed E-state index contributed by atoms with van der Waals surface area (Å²) in [7, 11) is 1.83. The van der Waals surface area contributed by atoms with E-state index in [1.165, 1.54) is 11.1 Å². The van der Waals surface area contributed by atoms with Crippen LogP contribution in [0.3, 0.4) is 0 Å². The molecule has 0 aliphatic carbocycles. The third-order valence-corrected chi connectivity index (χ3v) is 7.62. The first-order valence-corrected chi connectivity index (χ1v) is 10.5. The standard InChI is InChI=1S/C24H33BN2O2/c1-21(2)18-12-10-16(14-19(18)22(3,4)27(21)9)20-13-11-17(15-26-20)25-28-23(5,6)24(7,8)29-25/h10-15H,1-9H3. The van der Waals surface area contributed by atoms with E-state index in [1.807, 2.05) is 6.20 Å². The number of benzene rings is 1. The Hall–Kier alpha value is -1.69. The molecule has 0 atom stereocenters. The Morgan fingerprint density at radius 1 is 0.793 bits per heavy atom. The Morgan fingerprint density at radius 3 is 1.93 bits per heavy atom. The summed E-state index contributed by atoms with van der Waals surface area (Å²) < 4.78 is 12.3. The van der Waals surface area contributed by atoms with Gasteiger partial charge in [-0.15, -0.1) is 0 Å². The molecule has 3 heterocycles. The average Bonchev–Trinajstić information content (AvgIpc) is 2.94. The van der Waals surface area contributed by atoms with Gasteiger partial charge in [0, 0.05) is 28.3 Å². The van der Waals surface area contributed by atoms with Crippen molar-refractivity contribution in [1.29, 1.82) is 0 Å². The summed E-state index contributed by atoms with van der Waals surface area (Å²) in [4.78, 5) is 7.19. The molecule has 5 heteroatoms. The highest BCUT2D eigenvalue weighted by molar-refractivity contribution is 6.62. The number of aromatic nitrogens is 1. The fraction of sp³-hybridized carbons (Fsp3) is 0.542. The van der Waals surface area contributed by atoms with Crippen LogP contribution in [0.4, 0.5) is 0 Å². The smallest absolute Gasteiger partial charge is 0.399 e. The molecule has 0 saturated carbocycles. The second-order valence-electron chi connectivity index (χ2n) is 10.5. The third-order valence-electron chi connectivity index (χ3n) is 7.62. The first-order chi connectivity index (χ1) is 13.3. The summed E-state index contributed by atoms with van der Waals surface area (Å²) in [6.07, 6.45) is 1.88. The minimum absolute atomic E-state index is 0.0164. The van der Waals surface area contributed by atoms with E-state index in [4.69, 9.17) is 14.3 Å². The van der Waals surface area contributed by atoms with Gasteiger partial charge in [-0.1, -0.05) is 18.2 Å². The lowest BCUT2D eigenvalue weighted by Crippen LogP contribution is -2.42. The SMILES string of the molecule is CN1C(C)(C)c2ccc(-c3ccc(B4OC(C)(C)C(C)(C)O4)cn3)cc2C1(C)C. The van der Waals surface area contributed by atoms with Gasteiger partial charge < -0.3 is 9.31 Å². The van der Waals surface area contributed by atoms with Crippen LogP contribution < -0.4 is 5.46 Å². The molecular weight excluding hydrogens is 359 g/mol. The van der Waals surface area contributed by atoms with Crippen LogP contribution in [0.2, 0.25) is 0 Å². The molecule has 0 unspecified atom stereocenters. The fourth-order valence-corrected chi connectivity index (χ4v) is 4.50. The third kappa shape index (κ3) is 2.98. The summed E-state index contributed by atoms with van der Waals surface area (Å²) in [6.45, 7) is 17.4. The van der Waals surface area contributed by atoms with E-state index in [9.17, 15) is 0 Å². The molecule has 4 rings (SSSR count). The summed E-state index contributed by atoms with van der Waals surface area (Å²) in [5, 5.41) is 0. The summed E-state index contributed by atoms with van der Waals surface area (Å²) >= 11 is 0. The van der Waals surface area contributed by atoms with E-state index >= 15 is 0 Å². The molecule has 29 heavy (non-hydrogen) atoms. The van der Waals surface area contributed by atoms with Crippen molar-refractivity contribution in [2.45, 2.75) is 77.7 Å². The number of nitrogens with zero attached hydrogens (tertiary/aromatic N) is 2. The van der Waals surface area contributed by atoms with Gasteiger partial charge >= 0.3 is 7.12 Å². The van der Waals surface area contributed by atoms with Gasteiger partial charge in [0.1, 0.15) is 0 Å². The zero-order chi connectivity index (χ0) is 21.4. The van der Waals surface area contributed by atoms with Crippen molar-refractivity contribution in [2.24, 2.45) is 0 Å². The molecule has 4 nitrogen and oxygen atoms in total. The van der Waals surface area contributed by atoms with Gasteiger partial charge in [0.25, 0.3) is 0 Å². The van der Waals surface area contributed by atoms with Crippen molar-refractivity contribution in [3.8, 4) is 11.3 Å². The molecule has 2 aliphatic rings. The maximum atomic E-state index is 6.15. The van der Waals surface area contributed by atoms with Crippen molar-refractivity contribution in [3.63, 3.8) is 0 Å². The molecular formula is C24H33BN2O2. The molecule has 0 radical (unpaired) electrons. The normalized spacial score (nSPS) is 24.0. The Morgan fingerprint density at radius 2 is 1.38 bits per heavy atom. The lowest BCUT2D eigenvalue weighted by Gasteiger charge is -2.37. The number of fused-ring (bicyclic) bond motifs is 1. The lowest BCUT2D eigenvalue weighted by atomic mass is 9.80. The number of rotatable bonds is 2. The zero-order valence-corrected chi connectivity index (χ0v) is 19.3. The summed E-state index contributed by atoms with van der Waals surface area (Å²) in [5.74, 6) is 0. The molecule has 0 bridgehead atoms. The van der Waals surface area contributed by atoms with Gasteiger partial charge in [0.05, 0.1) is 16.9 Å². The summed E-state index contributed by atoms with van der Waals surface area (Å²) in [5.41, 5.74) is 5.14. The maximum Gasteiger partial charge on any atom is 0.496 e. The van der Waals surface area contributed by atoms with Crippen LogP contribution in [-0.4, -0.2) is 35.3 Å². The first kappa shape index (κ1) is 20.6. The lowest BCUT2D eigenvalue weighted by molar-refractivity contribution is 0.00578. The van der Waals surface area contributed by atoms with Crippen LogP contribution in [0, 0.1) is 0 Å². The second-order valence-corrected chi connectivity index (χ2v) is 10.5. The highest BCUT2D eigenvalue weighted by Gasteiger charge is 2.52. The Bertz CT molecular complexity index is 932. The Kier molecular flexibility index (Phi) is 4.37. The Labute approximate surface area is 175 Å². The minimum Gasteiger partial charge on any atom is -0.399 e. The van der Waals surface area contributed by atoms with E-state index in [0.717, 1.165) is 16.7 Å². The van der Waals surface area contributed by atoms with Crippen LogP contribution >= 0.6 is 0 Å². The molecule has 154 valence electrons. The molecule has 2 aliphatic heterocycles. The van der Waals surface area contributed by atoms with Gasteiger partial charge in [-0.2, -0.15) is 0 Å². The van der Waals surface area contributed by atoms with Crippen molar-refractivity contribution in [1.82, 2.24) is 9.88 Å². The van der Waals surface area contributed by atoms with Crippen molar-refractivity contribution < 1.29 is 9.31 Å². The molecule has 2 aromatic rings. The Balaban J connectivity index is 1.64. The van der Waals surface area contributed by atoms with Crippen molar-refractivity contribution in [2.75, 3.05) is 7.05 Å². The van der Waals surface area contributed by atoms with Crippen LogP contribution in [-0.2, 0) is 20.4 Å². The fourth-order valence-electron chi connectivity index (χ4n) is 4.50. The van der Waals surface area contributed by atoms with E-state index < -0.39 is 0 Å². The summed E-state index contributed by atoms with van der Waals surface area (Å²) in [6, 6.07) is 10.9. The molecule has 0 amide bonds. The highest BCUT2D eigenvalue weighted by atomic mass is 16.7. The van der Waals surface area contributed by atoms with Gasteiger partial charge in [-0.3, -0.25) is 9.88 Å². The predicted octanol–water partition coefficient (Wildman–Crippen LogP) is 4.46. The monoisotopic (exact) mass is 392 g/mol. The van der Waals surface area contributed by atoms with E-state index in [0.29, 0.717) is 0 Å². The topological polar surface area (TPSA) is 34.6 Å². The van der Waals surface area contributed by atoms with Crippen LogP contribution in [0.15, 0.2) is 36.5 Å². The maximum absolute atomic E-state index is 6.15. The molecule has 1 fully saturated rings. The van der Waals surface area contributed by atoms with Crippen LogP contribution in [0.5, 0.6) is 0 Å². The van der Waals surface area contributed by atoms with Crippen LogP contribution in [0.25, 0.3) is 11.3 Å². The highest BCUT2D eigenvalue weighted by Crippen LogP contribution is 2.49. The largest absolute Gasteiger partial charge is 0.496 e. The van der Waals surface area contributed by atoms with Gasteiger partial charge in [-0.25, -0.2) is 0 Å². The molecule has 1 saturated heterocycles. The second kappa shape index (κ2) is 6.16. The molecule has 0 spiro atoms. The van der Waals surface area contributed by atoms with E-state index in [1.54, 1.807) is 0 Å². The average molecular weight is 392 g/mol. The van der Waals surface area contributed by atoms with Crippen molar-refractivity contribution >= 4 is 12.6 Å². The molecule has 1 aromatic heterocycles. The minimum atomic E-state index is -0.380. The van der Waals surface area contributed by atoms with Gasteiger partial charge in [0.15, 0.2) is 0 Å². The number of hydrogen-bond donors (Lipinski definition) is 0. The quantitative estimate of drug-likeness (QED) is 0.707. The molecule has 1 aromatic carbocycles.